The van der Waals surface area contributed by atoms with E-state index in [0.717, 1.165) is 18.9 Å². The molecular formula is C12H23N3. The first kappa shape index (κ1) is 12.5. The predicted octanol–water partition coefficient (Wildman–Crippen LogP) is 1.61. The summed E-state index contributed by atoms with van der Waals surface area (Å²) in [7, 11) is 1.86. The number of nitriles is 1. The fraction of sp³-hybridized carbons (Fsp3) is 0.917. The van der Waals surface area contributed by atoms with Gasteiger partial charge in [0.15, 0.2) is 0 Å². The lowest BCUT2D eigenvalue weighted by Crippen LogP contribution is -2.30. The number of nitrogens with zero attached hydrogens (tertiary/aromatic N) is 2. The Hall–Kier alpha value is -0.590. The Morgan fingerprint density at radius 3 is 3.00 bits per heavy atom. The van der Waals surface area contributed by atoms with Gasteiger partial charge in [-0.15, -0.1) is 0 Å². The van der Waals surface area contributed by atoms with E-state index in [-0.39, 0.29) is 6.04 Å². The summed E-state index contributed by atoms with van der Waals surface area (Å²) < 4.78 is 0. The molecule has 1 heterocycles. The Bertz CT molecular complexity index is 209. The normalized spacial score (nSPS) is 23.9. The number of hydrogen-bond acceptors (Lipinski definition) is 3. The average Bonchev–Trinajstić information content (AvgIpc) is 2.68. The third-order valence-electron chi connectivity index (χ3n) is 3.31. The lowest BCUT2D eigenvalue weighted by Gasteiger charge is -2.17. The molecule has 0 spiro atoms. The van der Waals surface area contributed by atoms with Gasteiger partial charge < -0.3 is 10.2 Å². The van der Waals surface area contributed by atoms with Crippen molar-refractivity contribution in [2.75, 3.05) is 26.7 Å². The maximum Gasteiger partial charge on any atom is 0.0962 e. The smallest absolute Gasteiger partial charge is 0.0962 e. The molecule has 0 radical (unpaired) electrons. The zero-order chi connectivity index (χ0) is 11.1. The van der Waals surface area contributed by atoms with Gasteiger partial charge in [0.2, 0.25) is 0 Å². The van der Waals surface area contributed by atoms with Crippen LogP contribution in [0.5, 0.6) is 0 Å². The Balaban J connectivity index is 2.16. The Labute approximate surface area is 93.5 Å². The molecular weight excluding hydrogens is 186 g/mol. The Kier molecular flexibility index (Phi) is 5.67. The fourth-order valence-electron chi connectivity index (χ4n) is 2.34. The largest absolute Gasteiger partial charge is 0.305 e. The highest BCUT2D eigenvalue weighted by Gasteiger charge is 2.21. The van der Waals surface area contributed by atoms with Crippen molar-refractivity contribution in [2.45, 2.75) is 38.6 Å². The highest BCUT2D eigenvalue weighted by Crippen LogP contribution is 2.20. The number of nitrogens with one attached hydrogen (secondary N) is 1. The first-order valence-corrected chi connectivity index (χ1v) is 6.09. The molecule has 1 saturated heterocycles. The van der Waals surface area contributed by atoms with Crippen LogP contribution in [0.25, 0.3) is 0 Å². The van der Waals surface area contributed by atoms with Gasteiger partial charge in [0.25, 0.3) is 0 Å². The monoisotopic (exact) mass is 209 g/mol. The standard InChI is InChI=1S/C12H23N3/c1-3-4-11-5-7-15(10-11)8-6-12(9-13)14-2/h11-12,14H,3-8,10H2,1-2H3. The maximum atomic E-state index is 8.81. The van der Waals surface area contributed by atoms with Crippen molar-refractivity contribution < 1.29 is 0 Å². The fourth-order valence-corrected chi connectivity index (χ4v) is 2.34. The van der Waals surface area contributed by atoms with Crippen LogP contribution < -0.4 is 5.32 Å². The van der Waals surface area contributed by atoms with Crippen molar-refractivity contribution in [2.24, 2.45) is 5.92 Å². The number of likely N-dealkylation sites (tertiary alicyclic amines) is 1. The molecule has 15 heavy (non-hydrogen) atoms. The highest BCUT2D eigenvalue weighted by atomic mass is 15.1. The molecule has 1 aliphatic heterocycles. The highest BCUT2D eigenvalue weighted by molar-refractivity contribution is 4.89. The average molecular weight is 209 g/mol. The molecule has 0 aromatic heterocycles. The van der Waals surface area contributed by atoms with Crippen LogP contribution in [0.3, 0.4) is 0 Å². The van der Waals surface area contributed by atoms with E-state index in [0.29, 0.717) is 0 Å². The molecule has 1 rings (SSSR count). The van der Waals surface area contributed by atoms with Gasteiger partial charge in [-0.25, -0.2) is 0 Å². The van der Waals surface area contributed by atoms with Gasteiger partial charge in [-0.2, -0.15) is 5.26 Å². The van der Waals surface area contributed by atoms with E-state index in [4.69, 9.17) is 5.26 Å². The molecule has 2 unspecified atom stereocenters. The van der Waals surface area contributed by atoms with Crippen LogP contribution in [0.2, 0.25) is 0 Å². The summed E-state index contributed by atoms with van der Waals surface area (Å²) in [5.41, 5.74) is 0. The molecule has 1 aliphatic rings. The van der Waals surface area contributed by atoms with Crippen LogP contribution in [-0.4, -0.2) is 37.6 Å². The lowest BCUT2D eigenvalue weighted by atomic mass is 10.0. The molecule has 0 bridgehead atoms. The summed E-state index contributed by atoms with van der Waals surface area (Å²) in [5, 5.41) is 11.8. The van der Waals surface area contributed by atoms with Gasteiger partial charge in [0.05, 0.1) is 12.1 Å². The van der Waals surface area contributed by atoms with Crippen LogP contribution >= 0.6 is 0 Å². The number of rotatable bonds is 6. The summed E-state index contributed by atoms with van der Waals surface area (Å²) in [4.78, 5) is 2.50. The van der Waals surface area contributed by atoms with E-state index in [2.05, 4.69) is 23.2 Å². The zero-order valence-corrected chi connectivity index (χ0v) is 10.00. The van der Waals surface area contributed by atoms with Crippen molar-refractivity contribution in [3.8, 4) is 6.07 Å². The van der Waals surface area contributed by atoms with E-state index in [1.165, 1.54) is 32.4 Å². The van der Waals surface area contributed by atoms with Crippen molar-refractivity contribution in [3.05, 3.63) is 0 Å². The van der Waals surface area contributed by atoms with Gasteiger partial charge in [0.1, 0.15) is 0 Å². The lowest BCUT2D eigenvalue weighted by molar-refractivity contribution is 0.308. The van der Waals surface area contributed by atoms with Gasteiger partial charge in [-0.05, 0) is 38.8 Å². The second-order valence-electron chi connectivity index (χ2n) is 4.50. The first-order chi connectivity index (χ1) is 7.30. The molecule has 0 aliphatic carbocycles. The number of hydrogen-bond donors (Lipinski definition) is 1. The van der Waals surface area contributed by atoms with Crippen molar-refractivity contribution in [1.82, 2.24) is 10.2 Å². The maximum absolute atomic E-state index is 8.81. The topological polar surface area (TPSA) is 39.1 Å². The van der Waals surface area contributed by atoms with Crippen molar-refractivity contribution >= 4 is 0 Å². The molecule has 0 aromatic carbocycles. The van der Waals surface area contributed by atoms with Gasteiger partial charge in [-0.1, -0.05) is 13.3 Å². The van der Waals surface area contributed by atoms with E-state index in [1.54, 1.807) is 0 Å². The van der Waals surface area contributed by atoms with Crippen molar-refractivity contribution in [1.29, 1.82) is 5.26 Å². The Morgan fingerprint density at radius 2 is 2.40 bits per heavy atom. The van der Waals surface area contributed by atoms with E-state index in [9.17, 15) is 0 Å². The third-order valence-corrected chi connectivity index (χ3v) is 3.31. The molecule has 1 fully saturated rings. The zero-order valence-electron chi connectivity index (χ0n) is 10.00. The molecule has 0 amide bonds. The summed E-state index contributed by atoms with van der Waals surface area (Å²) in [6, 6.07) is 2.30. The molecule has 0 aromatic rings. The summed E-state index contributed by atoms with van der Waals surface area (Å²) >= 11 is 0. The van der Waals surface area contributed by atoms with E-state index >= 15 is 0 Å². The molecule has 1 N–H and O–H groups in total. The summed E-state index contributed by atoms with van der Waals surface area (Å²) in [5.74, 6) is 0.908. The quantitative estimate of drug-likeness (QED) is 0.722. The molecule has 3 nitrogen and oxygen atoms in total. The Morgan fingerprint density at radius 1 is 1.60 bits per heavy atom. The van der Waals surface area contributed by atoms with Gasteiger partial charge in [0, 0.05) is 13.1 Å². The minimum absolute atomic E-state index is 0.0234. The minimum atomic E-state index is 0.0234. The van der Waals surface area contributed by atoms with Crippen LogP contribution in [0.1, 0.15) is 32.6 Å². The van der Waals surface area contributed by atoms with E-state index < -0.39 is 0 Å². The third kappa shape index (κ3) is 4.19. The van der Waals surface area contributed by atoms with Crippen molar-refractivity contribution in [3.63, 3.8) is 0 Å². The summed E-state index contributed by atoms with van der Waals surface area (Å²) in [6.45, 7) is 5.80. The minimum Gasteiger partial charge on any atom is -0.305 e. The van der Waals surface area contributed by atoms with E-state index in [1.807, 2.05) is 7.05 Å². The van der Waals surface area contributed by atoms with Gasteiger partial charge in [-0.3, -0.25) is 0 Å². The molecule has 3 heteroatoms. The summed E-state index contributed by atoms with van der Waals surface area (Å²) in [6.07, 6.45) is 4.97. The molecule has 86 valence electrons. The SMILES string of the molecule is CCCC1CCN(CCC(C#N)NC)C1. The molecule has 2 atom stereocenters. The second kappa shape index (κ2) is 6.81. The first-order valence-electron chi connectivity index (χ1n) is 6.09. The van der Waals surface area contributed by atoms with Crippen LogP contribution in [-0.2, 0) is 0 Å². The van der Waals surface area contributed by atoms with Crippen LogP contribution in [0.15, 0.2) is 0 Å². The second-order valence-corrected chi connectivity index (χ2v) is 4.50. The predicted molar refractivity (Wildman–Crippen MR) is 62.5 cm³/mol. The van der Waals surface area contributed by atoms with Crippen LogP contribution in [0.4, 0.5) is 0 Å². The van der Waals surface area contributed by atoms with Crippen LogP contribution in [0, 0.1) is 17.2 Å². The van der Waals surface area contributed by atoms with Gasteiger partial charge >= 0.3 is 0 Å². The molecule has 0 saturated carbocycles.